The number of aromatic nitrogens is 1. The first-order chi connectivity index (χ1) is 7.29. The first-order valence-electron chi connectivity index (χ1n) is 5.06. The first kappa shape index (κ1) is 11.3. The number of fused-ring (bicyclic) bond motifs is 1. The fourth-order valence-corrected chi connectivity index (χ4v) is 1.39. The minimum atomic E-state index is -0.135. The molecule has 0 saturated carbocycles. The molecule has 1 heterocycles. The highest BCUT2D eigenvalue weighted by Gasteiger charge is 2.10. The standard InChI is InChI=1S/C10H9NO2.C2H6/c12-9-4-2-1-3-8-7(9)5-6-11-10(8)13;1-2/h1-2,4-6,12H,3H2,(H,11,13);1-2H3. The lowest BCUT2D eigenvalue weighted by Crippen LogP contribution is -2.13. The predicted molar refractivity (Wildman–Crippen MR) is 61.9 cm³/mol. The van der Waals surface area contributed by atoms with Gasteiger partial charge in [-0.3, -0.25) is 4.79 Å². The fraction of sp³-hybridized carbons (Fsp3) is 0.250. The third kappa shape index (κ3) is 2.37. The predicted octanol–water partition coefficient (Wildman–Crippen LogP) is 2.41. The second-order valence-electron chi connectivity index (χ2n) is 2.88. The summed E-state index contributed by atoms with van der Waals surface area (Å²) in [6, 6.07) is 1.70. The van der Waals surface area contributed by atoms with Crippen molar-refractivity contribution in [3.63, 3.8) is 0 Å². The summed E-state index contributed by atoms with van der Waals surface area (Å²) in [5.74, 6) is 0.148. The molecule has 0 radical (unpaired) electrons. The monoisotopic (exact) mass is 205 g/mol. The number of hydrogen-bond acceptors (Lipinski definition) is 2. The number of allylic oxidation sites excluding steroid dienone is 3. The summed E-state index contributed by atoms with van der Waals surface area (Å²) in [7, 11) is 0. The maximum atomic E-state index is 11.3. The molecule has 0 aromatic carbocycles. The number of nitrogens with one attached hydrogen (secondary N) is 1. The van der Waals surface area contributed by atoms with Gasteiger partial charge in [-0.1, -0.05) is 26.0 Å². The van der Waals surface area contributed by atoms with Crippen molar-refractivity contribution >= 4 is 5.76 Å². The van der Waals surface area contributed by atoms with Crippen LogP contribution in [-0.4, -0.2) is 10.1 Å². The number of pyridine rings is 1. The summed E-state index contributed by atoms with van der Waals surface area (Å²) in [4.78, 5) is 13.9. The average Bonchev–Trinajstić information content (AvgIpc) is 2.46. The third-order valence-electron chi connectivity index (χ3n) is 2.05. The molecular weight excluding hydrogens is 190 g/mol. The van der Waals surface area contributed by atoms with Gasteiger partial charge in [-0.25, -0.2) is 0 Å². The topological polar surface area (TPSA) is 53.1 Å². The SMILES string of the molecule is CC.O=c1[nH]ccc2c1CC=CC=C2O. The van der Waals surface area contributed by atoms with Crippen LogP contribution in [0.3, 0.4) is 0 Å². The quantitative estimate of drug-likeness (QED) is 0.683. The van der Waals surface area contributed by atoms with E-state index < -0.39 is 0 Å². The molecule has 3 nitrogen and oxygen atoms in total. The van der Waals surface area contributed by atoms with Crippen LogP contribution in [0, 0.1) is 0 Å². The van der Waals surface area contributed by atoms with Gasteiger partial charge < -0.3 is 10.1 Å². The summed E-state index contributed by atoms with van der Waals surface area (Å²) < 4.78 is 0. The fourth-order valence-electron chi connectivity index (χ4n) is 1.39. The van der Waals surface area contributed by atoms with E-state index in [1.54, 1.807) is 18.2 Å². The Labute approximate surface area is 88.8 Å². The molecule has 2 N–H and O–H groups in total. The van der Waals surface area contributed by atoms with Crippen molar-refractivity contribution in [2.24, 2.45) is 0 Å². The molecule has 0 fully saturated rings. The minimum absolute atomic E-state index is 0.135. The van der Waals surface area contributed by atoms with Gasteiger partial charge >= 0.3 is 0 Å². The Morgan fingerprint density at radius 1 is 1.40 bits per heavy atom. The molecule has 1 aliphatic rings. The lowest BCUT2D eigenvalue weighted by molar-refractivity contribution is 0.511. The normalized spacial score (nSPS) is 13.1. The Morgan fingerprint density at radius 2 is 2.13 bits per heavy atom. The zero-order valence-electron chi connectivity index (χ0n) is 8.95. The molecule has 0 saturated heterocycles. The van der Waals surface area contributed by atoms with Crippen molar-refractivity contribution in [3.8, 4) is 0 Å². The maximum Gasteiger partial charge on any atom is 0.252 e. The highest BCUT2D eigenvalue weighted by atomic mass is 16.3. The summed E-state index contributed by atoms with van der Waals surface area (Å²) in [6.07, 6.45) is 7.28. The Balaban J connectivity index is 0.000000531. The highest BCUT2D eigenvalue weighted by molar-refractivity contribution is 5.64. The Kier molecular flexibility index (Phi) is 3.92. The van der Waals surface area contributed by atoms with Gasteiger partial charge in [-0.05, 0) is 18.6 Å². The molecular formula is C12H15NO2. The van der Waals surface area contributed by atoms with Crippen LogP contribution in [0.4, 0.5) is 0 Å². The van der Waals surface area contributed by atoms with Crippen molar-refractivity contribution in [2.75, 3.05) is 0 Å². The van der Waals surface area contributed by atoms with E-state index >= 15 is 0 Å². The lowest BCUT2D eigenvalue weighted by atomic mass is 10.1. The summed E-state index contributed by atoms with van der Waals surface area (Å²) in [5.41, 5.74) is 1.10. The van der Waals surface area contributed by atoms with Crippen molar-refractivity contribution in [2.45, 2.75) is 20.3 Å². The zero-order valence-corrected chi connectivity index (χ0v) is 8.95. The molecule has 0 atom stereocenters. The molecule has 2 rings (SSSR count). The van der Waals surface area contributed by atoms with E-state index in [0.717, 1.165) is 0 Å². The van der Waals surface area contributed by atoms with Gasteiger partial charge in [-0.2, -0.15) is 0 Å². The van der Waals surface area contributed by atoms with Crippen LogP contribution >= 0.6 is 0 Å². The van der Waals surface area contributed by atoms with Crippen LogP contribution in [0.2, 0.25) is 0 Å². The van der Waals surface area contributed by atoms with E-state index in [0.29, 0.717) is 17.5 Å². The van der Waals surface area contributed by atoms with Crippen LogP contribution in [0.25, 0.3) is 5.76 Å². The summed E-state index contributed by atoms with van der Waals surface area (Å²) in [5, 5.41) is 9.52. The van der Waals surface area contributed by atoms with Crippen molar-refractivity contribution in [1.29, 1.82) is 0 Å². The molecule has 3 heteroatoms. The molecule has 0 unspecified atom stereocenters. The van der Waals surface area contributed by atoms with Gasteiger partial charge in [0.05, 0.1) is 0 Å². The second-order valence-corrected chi connectivity index (χ2v) is 2.88. The van der Waals surface area contributed by atoms with Crippen LogP contribution in [0.15, 0.2) is 35.3 Å². The van der Waals surface area contributed by atoms with Gasteiger partial charge in [0.2, 0.25) is 0 Å². The van der Waals surface area contributed by atoms with Crippen molar-refractivity contribution < 1.29 is 5.11 Å². The number of H-pyrrole nitrogens is 1. The molecule has 0 bridgehead atoms. The Morgan fingerprint density at radius 3 is 2.87 bits per heavy atom. The van der Waals surface area contributed by atoms with Crippen molar-refractivity contribution in [3.05, 3.63) is 52.0 Å². The van der Waals surface area contributed by atoms with E-state index in [9.17, 15) is 9.90 Å². The number of rotatable bonds is 0. The molecule has 1 aliphatic carbocycles. The summed E-state index contributed by atoms with van der Waals surface area (Å²) >= 11 is 0. The van der Waals surface area contributed by atoms with Crippen LogP contribution in [-0.2, 0) is 6.42 Å². The van der Waals surface area contributed by atoms with E-state index in [1.165, 1.54) is 6.20 Å². The van der Waals surface area contributed by atoms with Crippen LogP contribution in [0.1, 0.15) is 25.0 Å². The largest absolute Gasteiger partial charge is 0.507 e. The van der Waals surface area contributed by atoms with Gasteiger partial charge in [0.1, 0.15) is 5.76 Å². The van der Waals surface area contributed by atoms with E-state index in [1.807, 2.05) is 19.9 Å². The summed E-state index contributed by atoms with van der Waals surface area (Å²) in [6.45, 7) is 4.00. The number of aliphatic hydroxyl groups is 1. The average molecular weight is 205 g/mol. The molecule has 80 valence electrons. The third-order valence-corrected chi connectivity index (χ3v) is 2.05. The molecule has 1 aromatic rings. The molecule has 0 aliphatic heterocycles. The van der Waals surface area contributed by atoms with Gasteiger partial charge in [-0.15, -0.1) is 0 Å². The van der Waals surface area contributed by atoms with E-state index in [4.69, 9.17) is 0 Å². The number of aliphatic hydroxyl groups excluding tert-OH is 1. The second kappa shape index (κ2) is 5.20. The van der Waals surface area contributed by atoms with Crippen LogP contribution in [0.5, 0.6) is 0 Å². The van der Waals surface area contributed by atoms with Gasteiger partial charge in [0.15, 0.2) is 0 Å². The minimum Gasteiger partial charge on any atom is -0.507 e. The van der Waals surface area contributed by atoms with Gasteiger partial charge in [0.25, 0.3) is 5.56 Å². The molecule has 15 heavy (non-hydrogen) atoms. The first-order valence-corrected chi connectivity index (χ1v) is 5.06. The van der Waals surface area contributed by atoms with Gasteiger partial charge in [0, 0.05) is 17.3 Å². The molecule has 0 amide bonds. The number of aromatic amines is 1. The number of hydrogen-bond donors (Lipinski definition) is 2. The van der Waals surface area contributed by atoms with E-state index in [-0.39, 0.29) is 11.3 Å². The zero-order chi connectivity index (χ0) is 11.3. The van der Waals surface area contributed by atoms with Crippen LogP contribution < -0.4 is 5.56 Å². The molecule has 0 spiro atoms. The molecule has 1 aromatic heterocycles. The highest BCUT2D eigenvalue weighted by Crippen LogP contribution is 2.16. The Hall–Kier alpha value is -1.77. The Bertz CT molecular complexity index is 441. The maximum absolute atomic E-state index is 11.3. The lowest BCUT2D eigenvalue weighted by Gasteiger charge is -2.02. The van der Waals surface area contributed by atoms with Crippen molar-refractivity contribution in [1.82, 2.24) is 4.98 Å². The van der Waals surface area contributed by atoms with E-state index in [2.05, 4.69) is 4.98 Å². The smallest absolute Gasteiger partial charge is 0.252 e.